The number of rotatable bonds is 5. The number of azide groups is 1. The van der Waals surface area contributed by atoms with Gasteiger partial charge in [-0.05, 0) is 22.4 Å². The molecule has 0 aromatic heterocycles. The summed E-state index contributed by atoms with van der Waals surface area (Å²) in [5, 5.41) is 3.85. The Kier molecular flexibility index (Phi) is 4.86. The fourth-order valence-electron chi connectivity index (χ4n) is 1.28. The molecule has 17 heavy (non-hydrogen) atoms. The van der Waals surface area contributed by atoms with Crippen molar-refractivity contribution >= 4 is 19.7 Å². The highest BCUT2D eigenvalue weighted by Crippen LogP contribution is 2.06. The van der Waals surface area contributed by atoms with Crippen molar-refractivity contribution in [2.24, 2.45) is 5.11 Å². The zero-order valence-electron chi connectivity index (χ0n) is 9.66. The van der Waals surface area contributed by atoms with E-state index in [1.54, 1.807) is 0 Å². The molecule has 1 atom stereocenters. The minimum absolute atomic E-state index is 0.268. The van der Waals surface area contributed by atoms with Crippen LogP contribution >= 0.6 is 0 Å². The molecule has 0 bridgehead atoms. The number of amides is 1. The highest BCUT2D eigenvalue weighted by atomic mass is 28.4. The molecule has 0 N–H and O–H groups in total. The molecule has 0 aliphatic carbocycles. The third-order valence-electron chi connectivity index (χ3n) is 2.32. The van der Waals surface area contributed by atoms with Gasteiger partial charge in [0.25, 0.3) is 0 Å². The van der Waals surface area contributed by atoms with Crippen LogP contribution in [0.3, 0.4) is 0 Å². The Labute approximate surface area is 100 Å². The van der Waals surface area contributed by atoms with Crippen LogP contribution in [0.15, 0.2) is 35.4 Å². The van der Waals surface area contributed by atoms with Crippen molar-refractivity contribution < 1.29 is 13.6 Å². The van der Waals surface area contributed by atoms with E-state index in [9.17, 15) is 4.79 Å². The van der Waals surface area contributed by atoms with Crippen LogP contribution in [0.25, 0.3) is 10.4 Å². The predicted molar refractivity (Wildman–Crippen MR) is 64.8 cm³/mol. The highest BCUT2D eigenvalue weighted by molar-refractivity contribution is 6.80. The summed E-state index contributed by atoms with van der Waals surface area (Å²) in [6, 6.07) is 9.40. The first kappa shape index (κ1) is 13.4. The summed E-state index contributed by atoms with van der Waals surface area (Å²) in [5.74, 6) is -0.654. The lowest BCUT2D eigenvalue weighted by Crippen LogP contribution is -2.50. The van der Waals surface area contributed by atoms with Gasteiger partial charge in [0, 0.05) is 12.0 Å². The van der Waals surface area contributed by atoms with Crippen molar-refractivity contribution in [3.63, 3.8) is 0 Å². The van der Waals surface area contributed by atoms with E-state index >= 15 is 0 Å². The van der Waals surface area contributed by atoms with Gasteiger partial charge in [0.15, 0.2) is 0 Å². The lowest BCUT2D eigenvalue weighted by molar-refractivity contribution is -0.120. The second-order valence-electron chi connectivity index (χ2n) is 3.39. The first-order chi connectivity index (χ1) is 8.12. The van der Waals surface area contributed by atoms with Crippen molar-refractivity contribution in [1.82, 2.24) is 0 Å². The molecule has 6 nitrogen and oxygen atoms in total. The van der Waals surface area contributed by atoms with Crippen LogP contribution in [0.5, 0.6) is 0 Å². The standard InChI is InChI=1S/C10H13N3O3Si/c1-15-17(2,9-6-4-3-5-7-9)16-8-10(14)12-13-11/h3-7H,8H2,1-2H3. The molecule has 90 valence electrons. The number of hydrogen-bond donors (Lipinski definition) is 0. The SMILES string of the molecule is CO[Si](C)(OCC(=O)N=[N+]=[N-])c1ccccc1. The molecule has 1 aromatic carbocycles. The zero-order valence-corrected chi connectivity index (χ0v) is 10.7. The summed E-state index contributed by atoms with van der Waals surface area (Å²) in [6.45, 7) is 1.56. The molecule has 7 heteroatoms. The zero-order chi connectivity index (χ0) is 12.7. The van der Waals surface area contributed by atoms with Gasteiger partial charge in [0.1, 0.15) is 6.61 Å². The summed E-state index contributed by atoms with van der Waals surface area (Å²) >= 11 is 0. The smallest absolute Gasteiger partial charge is 0.369 e. The molecule has 0 spiro atoms. The molecule has 0 fully saturated rings. The summed E-state index contributed by atoms with van der Waals surface area (Å²) in [5.41, 5.74) is 8.10. The molecular weight excluding hydrogens is 238 g/mol. The van der Waals surface area contributed by atoms with Gasteiger partial charge in [-0.3, -0.25) is 4.79 Å². The Morgan fingerprint density at radius 1 is 1.47 bits per heavy atom. The molecule has 1 unspecified atom stereocenters. The Morgan fingerprint density at radius 2 is 2.12 bits per heavy atom. The topological polar surface area (TPSA) is 84.3 Å². The maximum Gasteiger partial charge on any atom is 0.369 e. The van der Waals surface area contributed by atoms with Gasteiger partial charge in [0.2, 0.25) is 5.91 Å². The third kappa shape index (κ3) is 3.68. The summed E-state index contributed by atoms with van der Waals surface area (Å²) < 4.78 is 10.9. The number of nitrogens with zero attached hydrogens (tertiary/aromatic N) is 3. The van der Waals surface area contributed by atoms with Gasteiger partial charge in [-0.25, -0.2) is 0 Å². The average Bonchev–Trinajstić information content (AvgIpc) is 2.37. The first-order valence-electron chi connectivity index (χ1n) is 4.95. The molecule has 0 radical (unpaired) electrons. The molecule has 0 heterocycles. The first-order valence-corrected chi connectivity index (χ1v) is 7.26. The fraction of sp³-hybridized carbons (Fsp3) is 0.300. The van der Waals surface area contributed by atoms with Crippen LogP contribution in [0.1, 0.15) is 0 Å². The monoisotopic (exact) mass is 251 g/mol. The van der Waals surface area contributed by atoms with E-state index in [2.05, 4.69) is 10.0 Å². The van der Waals surface area contributed by atoms with Crippen LogP contribution in [0.4, 0.5) is 0 Å². The Balaban J connectivity index is 2.76. The lowest BCUT2D eigenvalue weighted by Gasteiger charge is -2.24. The summed E-state index contributed by atoms with van der Waals surface area (Å²) in [6.07, 6.45) is 0. The maximum absolute atomic E-state index is 11.1. The highest BCUT2D eigenvalue weighted by Gasteiger charge is 2.33. The number of hydrogen-bond acceptors (Lipinski definition) is 3. The van der Waals surface area contributed by atoms with E-state index in [0.717, 1.165) is 5.19 Å². The predicted octanol–water partition coefficient (Wildman–Crippen LogP) is 1.47. The maximum atomic E-state index is 11.1. The quantitative estimate of drug-likeness (QED) is 0.344. The molecule has 1 rings (SSSR count). The second kappa shape index (κ2) is 6.17. The van der Waals surface area contributed by atoms with Crippen LogP contribution in [0.2, 0.25) is 6.55 Å². The van der Waals surface area contributed by atoms with E-state index in [1.807, 2.05) is 36.9 Å². The van der Waals surface area contributed by atoms with Crippen LogP contribution in [-0.2, 0) is 13.6 Å². The molecule has 0 saturated heterocycles. The average molecular weight is 251 g/mol. The summed E-state index contributed by atoms with van der Waals surface area (Å²) in [7, 11) is -1.06. The van der Waals surface area contributed by atoms with Gasteiger partial charge in [0.05, 0.1) is 0 Å². The molecule has 0 aliphatic rings. The van der Waals surface area contributed by atoms with Crippen molar-refractivity contribution in [2.75, 3.05) is 13.7 Å². The van der Waals surface area contributed by atoms with Crippen molar-refractivity contribution in [2.45, 2.75) is 6.55 Å². The van der Waals surface area contributed by atoms with E-state index < -0.39 is 14.5 Å². The van der Waals surface area contributed by atoms with Crippen molar-refractivity contribution in [3.05, 3.63) is 40.8 Å². The van der Waals surface area contributed by atoms with Crippen LogP contribution < -0.4 is 5.19 Å². The Hall–Kier alpha value is -1.66. The minimum atomic E-state index is -2.60. The van der Waals surface area contributed by atoms with E-state index in [0.29, 0.717) is 0 Å². The largest absolute Gasteiger partial charge is 0.394 e. The van der Waals surface area contributed by atoms with Gasteiger partial charge < -0.3 is 8.85 Å². The van der Waals surface area contributed by atoms with Gasteiger partial charge >= 0.3 is 8.56 Å². The van der Waals surface area contributed by atoms with E-state index in [4.69, 9.17) is 14.4 Å². The normalized spacial score (nSPS) is 13.5. The van der Waals surface area contributed by atoms with Crippen molar-refractivity contribution in [3.8, 4) is 0 Å². The summed E-state index contributed by atoms with van der Waals surface area (Å²) in [4.78, 5) is 13.5. The molecular formula is C10H13N3O3Si. The molecule has 0 saturated carbocycles. The van der Waals surface area contributed by atoms with Crippen molar-refractivity contribution in [1.29, 1.82) is 0 Å². The minimum Gasteiger partial charge on any atom is -0.394 e. The number of benzene rings is 1. The van der Waals surface area contributed by atoms with Gasteiger partial charge in [-0.15, -0.1) is 0 Å². The Bertz CT molecular complexity index is 434. The van der Waals surface area contributed by atoms with E-state index in [1.165, 1.54) is 7.11 Å². The van der Waals surface area contributed by atoms with Gasteiger partial charge in [-0.1, -0.05) is 30.3 Å². The third-order valence-corrected chi connectivity index (χ3v) is 5.17. The molecule has 1 aromatic rings. The van der Waals surface area contributed by atoms with Crippen LogP contribution in [0, 0.1) is 0 Å². The molecule has 0 aliphatic heterocycles. The lowest BCUT2D eigenvalue weighted by atomic mass is 10.4. The van der Waals surface area contributed by atoms with E-state index in [-0.39, 0.29) is 6.61 Å². The number of carbonyl (C=O) groups excluding carboxylic acids is 1. The van der Waals surface area contributed by atoms with Gasteiger partial charge in [-0.2, -0.15) is 0 Å². The second-order valence-corrected chi connectivity index (χ2v) is 6.55. The van der Waals surface area contributed by atoms with Crippen LogP contribution in [-0.4, -0.2) is 28.2 Å². The molecule has 1 amide bonds. The fourth-order valence-corrected chi connectivity index (χ4v) is 3.00. The number of carbonyl (C=O) groups is 1. The Morgan fingerprint density at radius 3 is 2.65 bits per heavy atom.